The fourth-order valence-electron chi connectivity index (χ4n) is 1.67. The van der Waals surface area contributed by atoms with Crippen LogP contribution in [-0.4, -0.2) is 15.5 Å². The first-order chi connectivity index (χ1) is 9.52. The van der Waals surface area contributed by atoms with Crippen molar-refractivity contribution in [2.45, 2.75) is 6.54 Å². The molecule has 0 saturated heterocycles. The predicted octanol–water partition coefficient (Wildman–Crippen LogP) is 0.914. The highest BCUT2D eigenvalue weighted by Crippen LogP contribution is 2.19. The van der Waals surface area contributed by atoms with Crippen LogP contribution in [0.1, 0.15) is 16.2 Å². The molecular formula is C12H13F2N5O. The molecule has 0 aliphatic rings. The molecule has 1 aromatic heterocycles. The number of benzene rings is 1. The molecule has 0 saturated carbocycles. The number of nitrogens with two attached hydrogens (primary N) is 1. The Kier molecular flexibility index (Phi) is 3.94. The molecule has 106 valence electrons. The van der Waals surface area contributed by atoms with Crippen LogP contribution >= 0.6 is 0 Å². The van der Waals surface area contributed by atoms with E-state index < -0.39 is 23.2 Å². The number of carbonyl (C=O) groups is 1. The van der Waals surface area contributed by atoms with Crippen LogP contribution in [0, 0.1) is 11.6 Å². The molecule has 2 rings (SSSR count). The zero-order chi connectivity index (χ0) is 14.7. The fourth-order valence-corrected chi connectivity index (χ4v) is 1.67. The molecule has 0 aliphatic heterocycles. The molecule has 0 fully saturated rings. The fraction of sp³-hybridized carbons (Fsp3) is 0.167. The van der Waals surface area contributed by atoms with Crippen LogP contribution in [0.5, 0.6) is 0 Å². The molecule has 2 aromatic rings. The van der Waals surface area contributed by atoms with Gasteiger partial charge in [0.15, 0.2) is 11.6 Å². The van der Waals surface area contributed by atoms with Crippen molar-refractivity contribution < 1.29 is 13.6 Å². The number of aromatic nitrogens is 2. The lowest BCUT2D eigenvalue weighted by atomic mass is 10.1. The molecule has 6 nitrogen and oxygen atoms in total. The van der Waals surface area contributed by atoms with Crippen LogP contribution in [0.4, 0.5) is 14.5 Å². The number of nitrogens with one attached hydrogen (secondary N) is 2. The van der Waals surface area contributed by atoms with E-state index in [1.54, 1.807) is 24.0 Å². The highest BCUT2D eigenvalue weighted by molar-refractivity contribution is 5.94. The molecule has 0 atom stereocenters. The molecule has 8 heteroatoms. The molecule has 0 unspecified atom stereocenters. The predicted molar refractivity (Wildman–Crippen MR) is 68.5 cm³/mol. The number of anilines is 1. The number of hydrogen-bond acceptors (Lipinski definition) is 4. The number of aryl methyl sites for hydroxylation is 1. The lowest BCUT2D eigenvalue weighted by Gasteiger charge is -2.08. The third-order valence-corrected chi connectivity index (χ3v) is 2.78. The molecule has 0 aliphatic carbocycles. The van der Waals surface area contributed by atoms with E-state index in [0.29, 0.717) is 5.82 Å². The lowest BCUT2D eigenvalue weighted by Crippen LogP contribution is -2.25. The summed E-state index contributed by atoms with van der Waals surface area (Å²) in [6.07, 6.45) is 3.31. The van der Waals surface area contributed by atoms with Gasteiger partial charge in [0.05, 0.1) is 6.54 Å². The van der Waals surface area contributed by atoms with Crippen molar-refractivity contribution in [3.05, 3.63) is 47.5 Å². The smallest absolute Gasteiger partial charge is 0.251 e. The second-order valence-electron chi connectivity index (χ2n) is 4.10. The number of nitrogen functional groups attached to an aromatic ring is 1. The minimum Gasteiger partial charge on any atom is -0.345 e. The van der Waals surface area contributed by atoms with Gasteiger partial charge in [0.2, 0.25) is 0 Å². The summed E-state index contributed by atoms with van der Waals surface area (Å²) in [5, 5.41) is 2.53. The van der Waals surface area contributed by atoms with Crippen molar-refractivity contribution in [1.29, 1.82) is 0 Å². The van der Waals surface area contributed by atoms with Crippen molar-refractivity contribution in [2.24, 2.45) is 12.9 Å². The second kappa shape index (κ2) is 5.66. The Hall–Kier alpha value is -2.48. The van der Waals surface area contributed by atoms with E-state index in [1.807, 2.05) is 5.43 Å². The van der Waals surface area contributed by atoms with Crippen molar-refractivity contribution in [3.8, 4) is 0 Å². The van der Waals surface area contributed by atoms with Gasteiger partial charge in [0, 0.05) is 25.0 Å². The minimum atomic E-state index is -0.936. The van der Waals surface area contributed by atoms with Crippen molar-refractivity contribution in [2.75, 3.05) is 5.43 Å². The molecule has 0 radical (unpaired) electrons. The van der Waals surface area contributed by atoms with Gasteiger partial charge in [-0.05, 0) is 12.1 Å². The maximum absolute atomic E-state index is 13.5. The number of imidazole rings is 1. The summed E-state index contributed by atoms with van der Waals surface area (Å²) in [4.78, 5) is 15.8. The van der Waals surface area contributed by atoms with Crippen LogP contribution in [0.15, 0.2) is 24.5 Å². The topological polar surface area (TPSA) is 85.0 Å². The van der Waals surface area contributed by atoms with Crippen LogP contribution in [-0.2, 0) is 13.6 Å². The molecular weight excluding hydrogens is 268 g/mol. The summed E-state index contributed by atoms with van der Waals surface area (Å²) in [7, 11) is 1.77. The van der Waals surface area contributed by atoms with E-state index in [-0.39, 0.29) is 12.1 Å². The zero-order valence-corrected chi connectivity index (χ0v) is 10.7. The van der Waals surface area contributed by atoms with Gasteiger partial charge in [-0.25, -0.2) is 13.8 Å². The van der Waals surface area contributed by atoms with E-state index in [0.717, 1.165) is 12.1 Å². The van der Waals surface area contributed by atoms with Gasteiger partial charge in [0.25, 0.3) is 5.91 Å². The monoisotopic (exact) mass is 281 g/mol. The van der Waals surface area contributed by atoms with Crippen LogP contribution in [0.2, 0.25) is 0 Å². The van der Waals surface area contributed by atoms with Gasteiger partial charge in [-0.1, -0.05) is 0 Å². The number of hydrazine groups is 1. The summed E-state index contributed by atoms with van der Waals surface area (Å²) in [5.74, 6) is 3.13. The van der Waals surface area contributed by atoms with E-state index in [2.05, 4.69) is 10.3 Å². The average Bonchev–Trinajstić information content (AvgIpc) is 2.81. The third kappa shape index (κ3) is 2.75. The number of nitrogens with zero attached hydrogens (tertiary/aromatic N) is 2. The van der Waals surface area contributed by atoms with Gasteiger partial charge in [-0.3, -0.25) is 10.6 Å². The Balaban J connectivity index is 2.12. The minimum absolute atomic E-state index is 0.131. The molecule has 4 N–H and O–H groups in total. The highest BCUT2D eigenvalue weighted by atomic mass is 19.1. The molecule has 20 heavy (non-hydrogen) atoms. The first kappa shape index (κ1) is 13.9. The number of rotatable bonds is 4. The van der Waals surface area contributed by atoms with Crippen LogP contribution < -0.4 is 16.6 Å². The van der Waals surface area contributed by atoms with Crippen molar-refractivity contribution >= 4 is 11.6 Å². The van der Waals surface area contributed by atoms with E-state index >= 15 is 0 Å². The van der Waals surface area contributed by atoms with Crippen LogP contribution in [0.25, 0.3) is 0 Å². The maximum atomic E-state index is 13.5. The molecule has 1 heterocycles. The lowest BCUT2D eigenvalue weighted by molar-refractivity contribution is 0.0948. The van der Waals surface area contributed by atoms with Gasteiger partial charge < -0.3 is 15.3 Å². The Morgan fingerprint density at radius 1 is 1.40 bits per heavy atom. The number of carbonyl (C=O) groups excluding carboxylic acids is 1. The molecule has 1 amide bonds. The second-order valence-corrected chi connectivity index (χ2v) is 4.10. The quantitative estimate of drug-likeness (QED) is 0.574. The average molecular weight is 281 g/mol. The van der Waals surface area contributed by atoms with Gasteiger partial charge in [-0.15, -0.1) is 0 Å². The molecule has 0 bridgehead atoms. The Labute approximate surface area is 113 Å². The number of hydrogen-bond donors (Lipinski definition) is 3. The Bertz CT molecular complexity index is 618. The normalized spacial score (nSPS) is 10.4. The van der Waals surface area contributed by atoms with Gasteiger partial charge in [0.1, 0.15) is 11.5 Å². The van der Waals surface area contributed by atoms with Crippen LogP contribution in [0.3, 0.4) is 0 Å². The summed E-state index contributed by atoms with van der Waals surface area (Å²) >= 11 is 0. The first-order valence-corrected chi connectivity index (χ1v) is 5.73. The van der Waals surface area contributed by atoms with Crippen molar-refractivity contribution in [3.63, 3.8) is 0 Å². The number of amides is 1. The zero-order valence-electron chi connectivity index (χ0n) is 10.7. The van der Waals surface area contributed by atoms with Gasteiger partial charge >= 0.3 is 0 Å². The van der Waals surface area contributed by atoms with Crippen molar-refractivity contribution in [1.82, 2.24) is 14.9 Å². The summed E-state index contributed by atoms with van der Waals surface area (Å²) in [5.41, 5.74) is 1.28. The highest BCUT2D eigenvalue weighted by Gasteiger charge is 2.14. The number of halogens is 2. The Morgan fingerprint density at radius 3 is 2.55 bits per heavy atom. The van der Waals surface area contributed by atoms with E-state index in [1.165, 1.54) is 0 Å². The molecule has 1 aromatic carbocycles. The van der Waals surface area contributed by atoms with Gasteiger partial charge in [-0.2, -0.15) is 0 Å². The molecule has 0 spiro atoms. The SMILES string of the molecule is Cn1ccnc1CNC(=O)c1cc(F)c(NN)c(F)c1. The largest absolute Gasteiger partial charge is 0.345 e. The summed E-state index contributed by atoms with van der Waals surface area (Å²) in [6.45, 7) is 0.155. The standard InChI is InChI=1S/C12H13F2N5O/c1-19-3-2-16-10(19)6-17-12(20)7-4-8(13)11(18-15)9(14)5-7/h2-5,18H,6,15H2,1H3,(H,17,20). The summed E-state index contributed by atoms with van der Waals surface area (Å²) < 4.78 is 28.7. The first-order valence-electron chi connectivity index (χ1n) is 5.73. The Morgan fingerprint density at radius 2 is 2.05 bits per heavy atom. The third-order valence-electron chi connectivity index (χ3n) is 2.78. The van der Waals surface area contributed by atoms with E-state index in [4.69, 9.17) is 5.84 Å². The summed E-state index contributed by atoms with van der Waals surface area (Å²) in [6, 6.07) is 1.82. The maximum Gasteiger partial charge on any atom is 0.251 e. The van der Waals surface area contributed by atoms with E-state index in [9.17, 15) is 13.6 Å².